The van der Waals surface area contributed by atoms with Gasteiger partial charge in [-0.1, -0.05) is 139 Å². The predicted octanol–water partition coefficient (Wildman–Crippen LogP) is 9.28. The summed E-state index contributed by atoms with van der Waals surface area (Å²) in [5.74, 6) is 2.19. The molecule has 0 aromatic rings. The van der Waals surface area contributed by atoms with E-state index in [0.717, 1.165) is 76.5 Å². The third-order valence-corrected chi connectivity index (χ3v) is 15.1. The number of hydrogen-bond donors (Lipinski definition) is 0. The molecule has 0 saturated carbocycles. The van der Waals surface area contributed by atoms with Crippen molar-refractivity contribution < 1.29 is 18.9 Å². The molecule has 0 aromatic carbocycles. The Morgan fingerprint density at radius 3 is 0.975 bits per heavy atom. The highest BCUT2D eigenvalue weighted by Gasteiger charge is 2.33. The van der Waals surface area contributed by atoms with Gasteiger partial charge in [0.2, 0.25) is 0 Å². The van der Waals surface area contributed by atoms with Crippen molar-refractivity contribution in [2.45, 2.75) is 167 Å². The Morgan fingerprint density at radius 1 is 0.425 bits per heavy atom. The number of hydrogen-bond acceptors (Lipinski definition) is 6. The smallest absolute Gasteiger partial charge is 0.145 e. The lowest BCUT2D eigenvalue weighted by Gasteiger charge is -2.35. The van der Waals surface area contributed by atoms with Crippen LogP contribution in [0.4, 0.5) is 0 Å². The average Bonchev–Trinajstić information content (AvgIpc) is 2.97. The third-order valence-electron chi connectivity index (χ3n) is 7.49. The molecule has 0 spiro atoms. The lowest BCUT2D eigenvalue weighted by Crippen LogP contribution is -2.44. The van der Waals surface area contributed by atoms with E-state index in [1.807, 2.05) is 21.6 Å². The molecular weight excluding hydrogens is 569 g/mol. The van der Waals surface area contributed by atoms with Gasteiger partial charge in [0.15, 0.2) is 0 Å². The van der Waals surface area contributed by atoms with Gasteiger partial charge >= 0.3 is 0 Å². The van der Waals surface area contributed by atoms with Crippen molar-refractivity contribution in [3.8, 4) is 0 Å². The van der Waals surface area contributed by atoms with Crippen molar-refractivity contribution >= 4 is 40.6 Å². The number of ether oxygens (including phenoxy) is 4. The molecule has 0 radical (unpaired) electrons. The zero-order valence-corrected chi connectivity index (χ0v) is 32.3. The van der Waals surface area contributed by atoms with Crippen LogP contribution < -0.4 is 0 Å². The summed E-state index contributed by atoms with van der Waals surface area (Å²) in [5, 5.41) is 0. The van der Waals surface area contributed by atoms with Crippen molar-refractivity contribution in [3.63, 3.8) is 0 Å². The van der Waals surface area contributed by atoms with Crippen molar-refractivity contribution in [2.24, 2.45) is 0 Å². The summed E-state index contributed by atoms with van der Waals surface area (Å²) in [5.41, 5.74) is -0.540. The van der Waals surface area contributed by atoms with Crippen molar-refractivity contribution in [3.05, 3.63) is 0 Å². The summed E-state index contributed by atoms with van der Waals surface area (Å²) in [4.78, 5) is 0. The Morgan fingerprint density at radius 2 is 0.725 bits per heavy atom. The standard InChI is InChI=1S/C32H70O4S2Si2/c1-7-13-17-23-33-31(39-29-11-5,34-24-18-14-8-2)21-27-37-38-28-22-32(40-30-12-6,35-25-19-15-9-3)36-26-20-16-10-4/h7-30,39-40H2,1-6H3. The molecule has 0 aliphatic heterocycles. The van der Waals surface area contributed by atoms with Crippen LogP contribution in [0.3, 0.4) is 0 Å². The van der Waals surface area contributed by atoms with Gasteiger partial charge in [-0.25, -0.2) is 0 Å². The van der Waals surface area contributed by atoms with E-state index in [1.165, 1.54) is 76.3 Å². The molecule has 0 amide bonds. The average molecular weight is 639 g/mol. The zero-order chi connectivity index (χ0) is 29.6. The maximum absolute atomic E-state index is 6.63. The summed E-state index contributed by atoms with van der Waals surface area (Å²) in [7, 11) is 3.12. The van der Waals surface area contributed by atoms with E-state index in [4.69, 9.17) is 18.9 Å². The van der Waals surface area contributed by atoms with Crippen LogP contribution in [-0.2, 0) is 18.9 Å². The first-order valence-corrected chi connectivity index (χ1v) is 23.3. The van der Waals surface area contributed by atoms with E-state index in [-0.39, 0.29) is 10.8 Å². The molecule has 0 N–H and O–H groups in total. The van der Waals surface area contributed by atoms with Crippen LogP contribution in [0.1, 0.15) is 144 Å². The first kappa shape index (κ1) is 41.0. The molecule has 0 bridgehead atoms. The molecule has 0 fully saturated rings. The monoisotopic (exact) mass is 638 g/mol. The van der Waals surface area contributed by atoms with Crippen LogP contribution in [0.25, 0.3) is 0 Å². The van der Waals surface area contributed by atoms with Crippen LogP contribution in [0.15, 0.2) is 0 Å². The Kier molecular flexibility index (Phi) is 30.8. The van der Waals surface area contributed by atoms with Gasteiger partial charge in [-0.2, -0.15) is 0 Å². The normalized spacial score (nSPS) is 13.1. The van der Waals surface area contributed by atoms with Gasteiger partial charge in [-0.3, -0.25) is 0 Å². The Hall–Kier alpha value is 0.974. The Balaban J connectivity index is 5.04. The molecule has 0 heterocycles. The van der Waals surface area contributed by atoms with Crippen LogP contribution in [0, 0.1) is 0 Å². The van der Waals surface area contributed by atoms with Crippen LogP contribution in [0.5, 0.6) is 0 Å². The molecule has 0 aliphatic rings. The maximum Gasteiger partial charge on any atom is 0.145 e. The quantitative estimate of drug-likeness (QED) is 0.0309. The van der Waals surface area contributed by atoms with Gasteiger partial charge in [0.05, 0.1) is 19.0 Å². The van der Waals surface area contributed by atoms with Crippen molar-refractivity contribution in [1.82, 2.24) is 0 Å². The van der Waals surface area contributed by atoms with Gasteiger partial charge in [-0.05, 0) is 25.7 Å². The summed E-state index contributed by atoms with van der Waals surface area (Å²) >= 11 is 0. The van der Waals surface area contributed by atoms with Crippen molar-refractivity contribution in [1.29, 1.82) is 0 Å². The molecule has 242 valence electrons. The second-order valence-electron chi connectivity index (χ2n) is 11.4. The Labute approximate surface area is 263 Å². The highest BCUT2D eigenvalue weighted by Crippen LogP contribution is 2.31. The number of unbranched alkanes of at least 4 members (excludes halogenated alkanes) is 8. The van der Waals surface area contributed by atoms with Crippen molar-refractivity contribution in [2.75, 3.05) is 37.9 Å². The summed E-state index contributed by atoms with van der Waals surface area (Å²) in [6.07, 6.45) is 19.1. The van der Waals surface area contributed by atoms with Gasteiger partial charge in [0.25, 0.3) is 0 Å². The van der Waals surface area contributed by atoms with Crippen LogP contribution in [0.2, 0.25) is 12.1 Å². The third kappa shape index (κ3) is 22.5. The highest BCUT2D eigenvalue weighted by atomic mass is 33.1. The SMILES string of the molecule is CCCCCOC(CCSSCCC(OCCCCC)(OCCCCC)[SiH2]CCC)(OCCCCC)[SiH2]CCC. The fourth-order valence-corrected chi connectivity index (χ4v) is 11.3. The number of rotatable bonds is 33. The highest BCUT2D eigenvalue weighted by molar-refractivity contribution is 8.76. The van der Waals surface area contributed by atoms with E-state index < -0.39 is 19.0 Å². The fourth-order valence-electron chi connectivity index (χ4n) is 4.76. The first-order valence-electron chi connectivity index (χ1n) is 17.4. The molecule has 0 rings (SSSR count). The lowest BCUT2D eigenvalue weighted by molar-refractivity contribution is -0.183. The minimum Gasteiger partial charge on any atom is -0.354 e. The van der Waals surface area contributed by atoms with E-state index >= 15 is 0 Å². The van der Waals surface area contributed by atoms with E-state index in [9.17, 15) is 0 Å². The topological polar surface area (TPSA) is 36.9 Å². The Bertz CT molecular complexity index is 449. The van der Waals surface area contributed by atoms with Gasteiger partial charge < -0.3 is 18.9 Å². The summed E-state index contributed by atoms with van der Waals surface area (Å²) < 4.78 is 26.5. The van der Waals surface area contributed by atoms with E-state index in [2.05, 4.69) is 41.5 Å². The van der Waals surface area contributed by atoms with Crippen LogP contribution >= 0.6 is 21.6 Å². The molecule has 40 heavy (non-hydrogen) atoms. The molecule has 0 atom stereocenters. The van der Waals surface area contributed by atoms with Gasteiger partial charge in [-0.15, -0.1) is 0 Å². The fraction of sp³-hybridized carbons (Fsp3) is 1.00. The molecule has 0 unspecified atom stereocenters. The largest absolute Gasteiger partial charge is 0.354 e. The minimum absolute atomic E-state index is 0.270. The van der Waals surface area contributed by atoms with E-state index in [0.29, 0.717) is 0 Å². The second kappa shape index (κ2) is 30.0. The molecule has 0 aromatic heterocycles. The zero-order valence-electron chi connectivity index (χ0n) is 27.8. The minimum atomic E-state index is -0.452. The lowest BCUT2D eigenvalue weighted by atomic mass is 10.2. The molecule has 4 nitrogen and oxygen atoms in total. The van der Waals surface area contributed by atoms with Crippen LogP contribution in [-0.4, -0.2) is 67.8 Å². The molecule has 8 heteroatoms. The summed E-state index contributed by atoms with van der Waals surface area (Å²) in [6.45, 7) is 17.1. The molecule has 0 saturated heterocycles. The van der Waals surface area contributed by atoms with Gasteiger partial charge in [0, 0.05) is 50.8 Å². The molecule has 0 aliphatic carbocycles. The van der Waals surface area contributed by atoms with Gasteiger partial charge in [0.1, 0.15) is 10.8 Å². The van der Waals surface area contributed by atoms with E-state index in [1.54, 1.807) is 0 Å². The predicted molar refractivity (Wildman–Crippen MR) is 189 cm³/mol. The maximum atomic E-state index is 6.63. The second-order valence-corrected chi connectivity index (χ2v) is 18.7. The summed E-state index contributed by atoms with van der Waals surface area (Å²) in [6, 6.07) is 2.60. The first-order chi connectivity index (χ1) is 19.6. The molecular formula is C32H70O4S2Si2.